The summed E-state index contributed by atoms with van der Waals surface area (Å²) in [6.45, 7) is 2.85. The number of amides is 1. The number of carbonyl (C=O) groups is 1. The van der Waals surface area contributed by atoms with Crippen molar-refractivity contribution >= 4 is 34.8 Å². The Balaban J connectivity index is 2.87. The lowest BCUT2D eigenvalue weighted by molar-refractivity contribution is -0.114. The molecule has 1 rings (SSSR count). The summed E-state index contributed by atoms with van der Waals surface area (Å²) in [6.07, 6.45) is 0. The number of hydrogen-bond acceptors (Lipinski definition) is 1. The van der Waals surface area contributed by atoms with E-state index in [9.17, 15) is 9.18 Å². The highest BCUT2D eigenvalue weighted by Crippen LogP contribution is 2.22. The first kappa shape index (κ1) is 11.0. The zero-order valence-electron chi connectivity index (χ0n) is 6.98. The molecule has 1 aromatic rings. The van der Waals surface area contributed by atoms with E-state index in [0.29, 0.717) is 15.7 Å². The number of benzene rings is 1. The van der Waals surface area contributed by atoms with Crippen molar-refractivity contribution in [1.29, 1.82) is 0 Å². The minimum absolute atomic E-state index is 0.325. The maximum atomic E-state index is 12.3. The molecule has 2 nitrogen and oxygen atoms in total. The van der Waals surface area contributed by atoms with Crippen molar-refractivity contribution < 1.29 is 9.18 Å². The van der Waals surface area contributed by atoms with Gasteiger partial charge in [-0.25, -0.2) is 4.39 Å². The maximum absolute atomic E-state index is 12.3. The molecular weight excluding hydrogens is 228 g/mol. The topological polar surface area (TPSA) is 29.1 Å². The number of carbonyl (C=O) groups excluding carboxylic acids is 1. The molecule has 74 valence electrons. The van der Waals surface area contributed by atoms with Crippen LogP contribution in [0.1, 0.15) is 0 Å². The van der Waals surface area contributed by atoms with Crippen LogP contribution in [0.3, 0.4) is 0 Å². The fourth-order valence-corrected chi connectivity index (χ4v) is 1.35. The smallest absolute Gasteiger partial charge is 0.283 e. The first-order valence-corrected chi connectivity index (χ1v) is 4.36. The molecule has 0 saturated carbocycles. The van der Waals surface area contributed by atoms with Crippen molar-refractivity contribution in [2.75, 3.05) is 5.32 Å². The molecule has 1 N–H and O–H groups in total. The van der Waals surface area contributed by atoms with Gasteiger partial charge in [-0.05, 0) is 18.2 Å². The molecule has 14 heavy (non-hydrogen) atoms. The molecule has 0 unspecified atom stereocenters. The Labute approximate surface area is 90.3 Å². The molecule has 0 radical (unpaired) electrons. The van der Waals surface area contributed by atoms with Crippen LogP contribution in [0.5, 0.6) is 0 Å². The van der Waals surface area contributed by atoms with Gasteiger partial charge in [-0.15, -0.1) is 0 Å². The largest absolute Gasteiger partial charge is 0.320 e. The van der Waals surface area contributed by atoms with Crippen LogP contribution in [0.15, 0.2) is 30.6 Å². The second-order valence-electron chi connectivity index (χ2n) is 2.52. The quantitative estimate of drug-likeness (QED) is 0.780. The van der Waals surface area contributed by atoms with Crippen LogP contribution in [-0.2, 0) is 4.79 Å². The van der Waals surface area contributed by atoms with Gasteiger partial charge in [0.15, 0.2) is 5.83 Å². The Morgan fingerprint density at radius 2 is 1.79 bits per heavy atom. The highest BCUT2D eigenvalue weighted by molar-refractivity contribution is 6.35. The molecule has 0 aliphatic heterocycles. The highest BCUT2D eigenvalue weighted by atomic mass is 35.5. The molecule has 0 aromatic heterocycles. The van der Waals surface area contributed by atoms with E-state index >= 15 is 0 Å². The molecule has 0 spiro atoms. The lowest BCUT2D eigenvalue weighted by atomic mass is 10.3. The van der Waals surface area contributed by atoms with Gasteiger partial charge in [0.05, 0.1) is 0 Å². The molecule has 0 fully saturated rings. The van der Waals surface area contributed by atoms with Gasteiger partial charge < -0.3 is 5.32 Å². The van der Waals surface area contributed by atoms with E-state index in [-0.39, 0.29) is 0 Å². The molecule has 0 heterocycles. The summed E-state index contributed by atoms with van der Waals surface area (Å²) in [7, 11) is 0. The second-order valence-corrected chi connectivity index (χ2v) is 3.39. The SMILES string of the molecule is C=C(F)C(=O)Nc1cc(Cl)cc(Cl)c1. The van der Waals surface area contributed by atoms with Crippen LogP contribution in [-0.4, -0.2) is 5.91 Å². The minimum atomic E-state index is -1.07. The summed E-state index contributed by atoms with van der Waals surface area (Å²) in [5.74, 6) is -1.98. The van der Waals surface area contributed by atoms with Gasteiger partial charge in [0, 0.05) is 15.7 Å². The zero-order chi connectivity index (χ0) is 10.7. The average Bonchev–Trinajstić information content (AvgIpc) is 2.01. The molecule has 0 bridgehead atoms. The first-order valence-electron chi connectivity index (χ1n) is 3.61. The van der Waals surface area contributed by atoms with E-state index in [2.05, 4.69) is 11.9 Å². The van der Waals surface area contributed by atoms with E-state index < -0.39 is 11.7 Å². The Morgan fingerprint density at radius 3 is 2.21 bits per heavy atom. The van der Waals surface area contributed by atoms with Crippen LogP contribution >= 0.6 is 23.2 Å². The van der Waals surface area contributed by atoms with Crippen molar-refractivity contribution in [3.8, 4) is 0 Å². The lowest BCUT2D eigenvalue weighted by Crippen LogP contribution is -2.10. The third-order valence-electron chi connectivity index (χ3n) is 1.37. The van der Waals surface area contributed by atoms with E-state index in [4.69, 9.17) is 23.2 Å². The molecule has 0 saturated heterocycles. The minimum Gasteiger partial charge on any atom is -0.320 e. The van der Waals surface area contributed by atoms with Gasteiger partial charge >= 0.3 is 0 Å². The van der Waals surface area contributed by atoms with Crippen LogP contribution < -0.4 is 5.32 Å². The molecule has 1 aromatic carbocycles. The van der Waals surface area contributed by atoms with Crippen molar-refractivity contribution in [3.05, 3.63) is 40.7 Å². The lowest BCUT2D eigenvalue weighted by Gasteiger charge is -2.03. The molecule has 0 aliphatic carbocycles. The number of nitrogens with one attached hydrogen (secondary N) is 1. The van der Waals surface area contributed by atoms with Crippen LogP contribution in [0.4, 0.5) is 10.1 Å². The van der Waals surface area contributed by atoms with Gasteiger partial charge in [-0.1, -0.05) is 29.8 Å². The molecule has 5 heteroatoms. The highest BCUT2D eigenvalue weighted by Gasteiger charge is 2.06. The summed E-state index contributed by atoms with van der Waals surface area (Å²) in [4.78, 5) is 10.9. The third kappa shape index (κ3) is 3.01. The summed E-state index contributed by atoms with van der Waals surface area (Å²) < 4.78 is 12.3. The van der Waals surface area contributed by atoms with Crippen LogP contribution in [0, 0.1) is 0 Å². The summed E-state index contributed by atoms with van der Waals surface area (Å²) >= 11 is 11.3. The van der Waals surface area contributed by atoms with Gasteiger partial charge in [0.1, 0.15) is 0 Å². The molecule has 1 amide bonds. The van der Waals surface area contributed by atoms with Gasteiger partial charge in [0.2, 0.25) is 0 Å². The Bertz CT molecular complexity index is 372. The van der Waals surface area contributed by atoms with E-state index in [1.807, 2.05) is 0 Å². The first-order chi connectivity index (χ1) is 6.49. The molecule has 0 aliphatic rings. The van der Waals surface area contributed by atoms with Crippen molar-refractivity contribution in [3.63, 3.8) is 0 Å². The van der Waals surface area contributed by atoms with Gasteiger partial charge in [-0.2, -0.15) is 0 Å². The number of hydrogen-bond donors (Lipinski definition) is 1. The number of anilines is 1. The average molecular weight is 234 g/mol. The summed E-state index contributed by atoms with van der Waals surface area (Å²) in [6, 6.07) is 4.41. The number of rotatable bonds is 2. The van der Waals surface area contributed by atoms with Crippen LogP contribution in [0.2, 0.25) is 10.0 Å². The Kier molecular flexibility index (Phi) is 3.49. The second kappa shape index (κ2) is 4.44. The predicted octanol–water partition coefficient (Wildman–Crippen LogP) is 3.42. The number of halogens is 3. The zero-order valence-corrected chi connectivity index (χ0v) is 8.49. The van der Waals surface area contributed by atoms with Gasteiger partial charge in [0.25, 0.3) is 5.91 Å². The normalized spacial score (nSPS) is 9.64. The Morgan fingerprint density at radius 1 is 1.29 bits per heavy atom. The monoisotopic (exact) mass is 233 g/mol. The summed E-state index contributed by atoms with van der Waals surface area (Å²) in [5.41, 5.74) is 0.325. The van der Waals surface area contributed by atoms with Crippen molar-refractivity contribution in [2.45, 2.75) is 0 Å². The van der Waals surface area contributed by atoms with E-state index in [0.717, 1.165) is 0 Å². The maximum Gasteiger partial charge on any atom is 0.283 e. The molecular formula is C9H6Cl2FNO. The third-order valence-corrected chi connectivity index (χ3v) is 1.80. The Hall–Kier alpha value is -1.06. The van der Waals surface area contributed by atoms with E-state index in [1.54, 1.807) is 0 Å². The fourth-order valence-electron chi connectivity index (χ4n) is 0.825. The van der Waals surface area contributed by atoms with Crippen LogP contribution in [0.25, 0.3) is 0 Å². The standard InChI is InChI=1S/C9H6Cl2FNO/c1-5(12)9(14)13-8-3-6(10)2-7(11)4-8/h2-4H,1H2,(H,13,14). The predicted molar refractivity (Wildman–Crippen MR) is 55.3 cm³/mol. The molecule has 0 atom stereocenters. The van der Waals surface area contributed by atoms with Gasteiger partial charge in [-0.3, -0.25) is 4.79 Å². The fraction of sp³-hybridized carbons (Fsp3) is 0. The van der Waals surface area contributed by atoms with Crippen molar-refractivity contribution in [1.82, 2.24) is 0 Å². The van der Waals surface area contributed by atoms with Crippen molar-refractivity contribution in [2.24, 2.45) is 0 Å². The van der Waals surface area contributed by atoms with E-state index in [1.165, 1.54) is 18.2 Å². The summed E-state index contributed by atoms with van der Waals surface area (Å²) in [5, 5.41) is 2.96.